The third kappa shape index (κ3) is 5.18. The van der Waals surface area contributed by atoms with Gasteiger partial charge in [0.2, 0.25) is 5.91 Å². The molecule has 1 fully saturated rings. The molecule has 1 aliphatic heterocycles. The van der Waals surface area contributed by atoms with Crippen molar-refractivity contribution in [3.8, 4) is 5.75 Å². The molecule has 1 heterocycles. The van der Waals surface area contributed by atoms with Crippen LogP contribution in [0.25, 0.3) is 0 Å². The Morgan fingerprint density at radius 2 is 1.79 bits per heavy atom. The lowest BCUT2D eigenvalue weighted by Gasteiger charge is -2.32. The molecule has 3 rings (SSSR count). The fourth-order valence-electron chi connectivity index (χ4n) is 3.27. The molecule has 2 aromatic rings. The number of hydrogen-bond donors (Lipinski definition) is 1. The Kier molecular flexibility index (Phi) is 6.81. The van der Waals surface area contributed by atoms with Crippen LogP contribution in [0.5, 0.6) is 5.75 Å². The van der Waals surface area contributed by atoms with Crippen molar-refractivity contribution < 1.29 is 14.3 Å². The summed E-state index contributed by atoms with van der Waals surface area (Å²) in [6.07, 6.45) is 1.75. The van der Waals surface area contributed by atoms with Crippen LogP contribution in [0.1, 0.15) is 28.8 Å². The largest absolute Gasteiger partial charge is 0.497 e. The summed E-state index contributed by atoms with van der Waals surface area (Å²) in [7, 11) is 1.61. The lowest BCUT2D eigenvalue weighted by molar-refractivity contribution is -0.121. The Morgan fingerprint density at radius 3 is 2.39 bits per heavy atom. The summed E-state index contributed by atoms with van der Waals surface area (Å²) >= 11 is 12.0. The van der Waals surface area contributed by atoms with Crippen molar-refractivity contribution in [2.75, 3.05) is 20.2 Å². The minimum Gasteiger partial charge on any atom is -0.497 e. The lowest BCUT2D eigenvalue weighted by Crippen LogP contribution is -2.46. The molecule has 2 amide bonds. The van der Waals surface area contributed by atoms with E-state index < -0.39 is 0 Å². The van der Waals surface area contributed by atoms with Crippen LogP contribution in [-0.2, 0) is 11.2 Å². The highest BCUT2D eigenvalue weighted by atomic mass is 35.5. The van der Waals surface area contributed by atoms with Crippen LogP contribution in [0.3, 0.4) is 0 Å². The van der Waals surface area contributed by atoms with Crippen molar-refractivity contribution in [2.24, 2.45) is 0 Å². The molecular formula is C21H22Cl2N2O3. The minimum absolute atomic E-state index is 0.0179. The summed E-state index contributed by atoms with van der Waals surface area (Å²) in [6.45, 7) is 1.15. The van der Waals surface area contributed by atoms with E-state index in [0.29, 0.717) is 48.0 Å². The molecule has 0 aliphatic carbocycles. The van der Waals surface area contributed by atoms with Gasteiger partial charge >= 0.3 is 0 Å². The molecule has 1 N–H and O–H groups in total. The van der Waals surface area contributed by atoms with E-state index in [0.717, 1.165) is 11.3 Å². The van der Waals surface area contributed by atoms with Gasteiger partial charge in [0.25, 0.3) is 5.91 Å². The molecule has 148 valence electrons. The molecule has 5 nitrogen and oxygen atoms in total. The number of carbonyl (C=O) groups excluding carboxylic acids is 2. The molecule has 0 spiro atoms. The van der Waals surface area contributed by atoms with Gasteiger partial charge in [-0.2, -0.15) is 0 Å². The van der Waals surface area contributed by atoms with Gasteiger partial charge in [-0.15, -0.1) is 0 Å². The number of likely N-dealkylation sites (tertiary alicyclic amines) is 1. The van der Waals surface area contributed by atoms with Crippen LogP contribution in [-0.4, -0.2) is 43.0 Å². The number of halogens is 2. The molecule has 0 atom stereocenters. The summed E-state index contributed by atoms with van der Waals surface area (Å²) in [4.78, 5) is 26.7. The van der Waals surface area contributed by atoms with Gasteiger partial charge in [-0.3, -0.25) is 9.59 Å². The minimum atomic E-state index is -0.107. The summed E-state index contributed by atoms with van der Waals surface area (Å²) in [6, 6.07) is 12.4. The third-order valence-corrected chi connectivity index (χ3v) is 5.38. The average Bonchev–Trinajstić information content (AvgIpc) is 2.68. The molecule has 1 saturated heterocycles. The second-order valence-corrected chi connectivity index (χ2v) is 7.63. The number of rotatable bonds is 5. The maximum Gasteiger partial charge on any atom is 0.255 e. The SMILES string of the molecule is COc1ccc(CC(=O)NC2CCN(C(=O)c3ccc(Cl)cc3Cl)CC2)cc1. The topological polar surface area (TPSA) is 58.6 Å². The zero-order valence-electron chi connectivity index (χ0n) is 15.6. The number of methoxy groups -OCH3 is 1. The smallest absolute Gasteiger partial charge is 0.255 e. The maximum atomic E-state index is 12.7. The van der Waals surface area contributed by atoms with E-state index in [1.54, 1.807) is 30.2 Å². The first-order valence-electron chi connectivity index (χ1n) is 9.13. The summed E-state index contributed by atoms with van der Waals surface area (Å²) in [5, 5.41) is 3.92. The van der Waals surface area contributed by atoms with Gasteiger partial charge in [0.1, 0.15) is 5.75 Å². The molecule has 1 aliphatic rings. The van der Waals surface area contributed by atoms with E-state index in [1.165, 1.54) is 0 Å². The molecular weight excluding hydrogens is 399 g/mol. The fourth-order valence-corrected chi connectivity index (χ4v) is 3.76. The van der Waals surface area contributed by atoms with Crippen LogP contribution in [0.4, 0.5) is 0 Å². The second kappa shape index (κ2) is 9.30. The molecule has 0 radical (unpaired) electrons. The number of piperidine rings is 1. The zero-order chi connectivity index (χ0) is 20.1. The van der Waals surface area contributed by atoms with Gasteiger partial charge in [0.05, 0.1) is 24.1 Å². The van der Waals surface area contributed by atoms with Gasteiger partial charge in [0, 0.05) is 24.2 Å². The summed E-state index contributed by atoms with van der Waals surface area (Å²) < 4.78 is 5.12. The van der Waals surface area contributed by atoms with E-state index in [-0.39, 0.29) is 17.9 Å². The molecule has 7 heteroatoms. The highest BCUT2D eigenvalue weighted by Crippen LogP contribution is 2.24. The molecule has 28 heavy (non-hydrogen) atoms. The number of nitrogens with zero attached hydrogens (tertiary/aromatic N) is 1. The van der Waals surface area contributed by atoms with Crippen LogP contribution in [0.2, 0.25) is 10.0 Å². The Labute approximate surface area is 174 Å². The van der Waals surface area contributed by atoms with Crippen LogP contribution in [0.15, 0.2) is 42.5 Å². The predicted molar refractivity (Wildman–Crippen MR) is 110 cm³/mol. The Bertz CT molecular complexity index is 847. The number of benzene rings is 2. The van der Waals surface area contributed by atoms with Gasteiger partial charge in [0.15, 0.2) is 0 Å². The van der Waals surface area contributed by atoms with Crippen molar-refractivity contribution in [2.45, 2.75) is 25.3 Å². The molecule has 0 bridgehead atoms. The second-order valence-electron chi connectivity index (χ2n) is 6.78. The molecule has 0 aromatic heterocycles. The van der Waals surface area contributed by atoms with Crippen molar-refractivity contribution in [3.63, 3.8) is 0 Å². The average molecular weight is 421 g/mol. The first-order chi connectivity index (χ1) is 13.5. The Hall–Kier alpha value is -2.24. The van der Waals surface area contributed by atoms with E-state index in [4.69, 9.17) is 27.9 Å². The molecule has 2 aromatic carbocycles. The third-order valence-electron chi connectivity index (χ3n) is 4.83. The fraction of sp³-hybridized carbons (Fsp3) is 0.333. The number of ether oxygens (including phenoxy) is 1. The van der Waals surface area contributed by atoms with Crippen LogP contribution < -0.4 is 10.1 Å². The number of carbonyl (C=O) groups is 2. The molecule has 0 unspecified atom stereocenters. The normalized spacial score (nSPS) is 14.6. The van der Waals surface area contributed by atoms with Crippen molar-refractivity contribution in [1.82, 2.24) is 10.2 Å². The maximum absolute atomic E-state index is 12.7. The number of hydrogen-bond acceptors (Lipinski definition) is 3. The zero-order valence-corrected chi connectivity index (χ0v) is 17.1. The van der Waals surface area contributed by atoms with Gasteiger partial charge in [-0.05, 0) is 48.7 Å². The molecule has 0 saturated carbocycles. The van der Waals surface area contributed by atoms with E-state index in [1.807, 2.05) is 24.3 Å². The van der Waals surface area contributed by atoms with Crippen molar-refractivity contribution in [1.29, 1.82) is 0 Å². The number of nitrogens with one attached hydrogen (secondary N) is 1. The Balaban J connectivity index is 1.49. The lowest BCUT2D eigenvalue weighted by atomic mass is 10.0. The van der Waals surface area contributed by atoms with Crippen molar-refractivity contribution >= 4 is 35.0 Å². The van der Waals surface area contributed by atoms with Gasteiger partial charge in [-0.1, -0.05) is 35.3 Å². The van der Waals surface area contributed by atoms with E-state index in [9.17, 15) is 9.59 Å². The highest BCUT2D eigenvalue weighted by Gasteiger charge is 2.25. The standard InChI is InChI=1S/C21H22Cl2N2O3/c1-28-17-5-2-14(3-6-17)12-20(26)24-16-8-10-25(11-9-16)21(27)18-7-4-15(22)13-19(18)23/h2-7,13,16H,8-12H2,1H3,(H,24,26). The van der Waals surface area contributed by atoms with E-state index in [2.05, 4.69) is 5.32 Å². The monoisotopic (exact) mass is 420 g/mol. The van der Waals surface area contributed by atoms with Crippen molar-refractivity contribution in [3.05, 3.63) is 63.6 Å². The first kappa shape index (κ1) is 20.5. The Morgan fingerprint density at radius 1 is 1.11 bits per heavy atom. The summed E-state index contributed by atoms with van der Waals surface area (Å²) in [5.74, 6) is 0.641. The highest BCUT2D eigenvalue weighted by molar-refractivity contribution is 6.36. The van der Waals surface area contributed by atoms with Crippen LogP contribution >= 0.6 is 23.2 Å². The van der Waals surface area contributed by atoms with Crippen LogP contribution in [0, 0.1) is 0 Å². The summed E-state index contributed by atoms with van der Waals surface area (Å²) in [5.41, 5.74) is 1.39. The quantitative estimate of drug-likeness (QED) is 0.795. The number of amides is 2. The van der Waals surface area contributed by atoms with E-state index >= 15 is 0 Å². The van der Waals surface area contributed by atoms with Gasteiger partial charge < -0.3 is 15.0 Å². The predicted octanol–water partition coefficient (Wildman–Crippen LogP) is 3.97. The first-order valence-corrected chi connectivity index (χ1v) is 9.88. The van der Waals surface area contributed by atoms with Gasteiger partial charge in [-0.25, -0.2) is 0 Å².